The van der Waals surface area contributed by atoms with Gasteiger partial charge in [-0.1, -0.05) is 6.92 Å². The Hall–Kier alpha value is -1.62. The smallest absolute Gasteiger partial charge is 0.143 e. The Balaban J connectivity index is 1.64. The molecule has 21 heavy (non-hydrogen) atoms. The van der Waals surface area contributed by atoms with E-state index >= 15 is 0 Å². The highest BCUT2D eigenvalue weighted by molar-refractivity contribution is 5.90. The number of hydrogen-bond donors (Lipinski definition) is 2. The van der Waals surface area contributed by atoms with E-state index in [4.69, 9.17) is 0 Å². The van der Waals surface area contributed by atoms with E-state index in [1.165, 1.54) is 36.9 Å². The van der Waals surface area contributed by atoms with Gasteiger partial charge in [-0.15, -0.1) is 0 Å². The number of likely N-dealkylation sites (tertiary alicyclic amines) is 1. The van der Waals surface area contributed by atoms with E-state index < -0.39 is 0 Å². The molecule has 2 fully saturated rings. The fourth-order valence-electron chi connectivity index (χ4n) is 4.26. The fraction of sp³-hybridized carbons (Fsp3) is 0.625. The number of aryl methyl sites for hydroxylation is 1. The van der Waals surface area contributed by atoms with Gasteiger partial charge in [0.15, 0.2) is 0 Å². The maximum Gasteiger partial charge on any atom is 0.143 e. The van der Waals surface area contributed by atoms with Crippen LogP contribution in [-0.4, -0.2) is 46.0 Å². The highest BCUT2D eigenvalue weighted by atomic mass is 15.2. The number of hydrogen-bond acceptors (Lipinski definition) is 4. The van der Waals surface area contributed by atoms with Crippen molar-refractivity contribution in [3.05, 3.63) is 18.1 Å². The number of nitrogens with one attached hydrogen (secondary N) is 2. The molecule has 2 aromatic rings. The van der Waals surface area contributed by atoms with E-state index in [2.05, 4.69) is 45.3 Å². The van der Waals surface area contributed by atoms with Crippen molar-refractivity contribution in [2.45, 2.75) is 32.2 Å². The highest BCUT2D eigenvalue weighted by Gasteiger charge is 2.41. The lowest BCUT2D eigenvalue weighted by Gasteiger charge is -2.21. The van der Waals surface area contributed by atoms with E-state index in [1.807, 2.05) is 0 Å². The largest absolute Gasteiger partial charge is 0.366 e. The zero-order valence-electron chi connectivity index (χ0n) is 12.8. The maximum atomic E-state index is 4.53. The summed E-state index contributed by atoms with van der Waals surface area (Å²) < 4.78 is 0. The zero-order chi connectivity index (χ0) is 14.4. The zero-order valence-corrected chi connectivity index (χ0v) is 12.8. The Bertz CT molecular complexity index is 649. The van der Waals surface area contributed by atoms with E-state index in [1.54, 1.807) is 6.33 Å². The van der Waals surface area contributed by atoms with Crippen LogP contribution in [-0.2, 0) is 6.42 Å². The lowest BCUT2D eigenvalue weighted by atomic mass is 9.97. The van der Waals surface area contributed by atoms with Crippen LogP contribution in [0.5, 0.6) is 0 Å². The molecule has 0 radical (unpaired) electrons. The Morgan fingerprint density at radius 2 is 2.24 bits per heavy atom. The molecule has 3 unspecified atom stereocenters. The van der Waals surface area contributed by atoms with Crippen molar-refractivity contribution in [2.75, 3.05) is 25.5 Å². The SMILES string of the molecule is CCc1c[nH]c2ncnc(NC3CCC4CN(C)CC43)c12. The Labute approximate surface area is 125 Å². The fourth-order valence-corrected chi connectivity index (χ4v) is 4.26. The minimum Gasteiger partial charge on any atom is -0.366 e. The van der Waals surface area contributed by atoms with Gasteiger partial charge in [-0.25, -0.2) is 9.97 Å². The van der Waals surface area contributed by atoms with Crippen LogP contribution in [0, 0.1) is 11.8 Å². The molecule has 0 spiro atoms. The van der Waals surface area contributed by atoms with Crippen LogP contribution in [0.4, 0.5) is 5.82 Å². The summed E-state index contributed by atoms with van der Waals surface area (Å²) >= 11 is 0. The summed E-state index contributed by atoms with van der Waals surface area (Å²) in [6.07, 6.45) is 7.33. The van der Waals surface area contributed by atoms with Crippen molar-refractivity contribution in [1.29, 1.82) is 0 Å². The maximum absolute atomic E-state index is 4.53. The molecule has 1 saturated carbocycles. The third-order valence-corrected chi connectivity index (χ3v) is 5.29. The van der Waals surface area contributed by atoms with Crippen LogP contribution in [0.2, 0.25) is 0 Å². The molecule has 0 bridgehead atoms. The van der Waals surface area contributed by atoms with E-state index in [-0.39, 0.29) is 0 Å². The Kier molecular flexibility index (Phi) is 3.10. The molecule has 0 aromatic carbocycles. The molecule has 5 nitrogen and oxygen atoms in total. The first-order chi connectivity index (χ1) is 10.3. The molecule has 0 amide bonds. The third-order valence-electron chi connectivity index (χ3n) is 5.29. The van der Waals surface area contributed by atoms with Gasteiger partial charge in [0.05, 0.1) is 5.39 Å². The van der Waals surface area contributed by atoms with Crippen molar-refractivity contribution in [1.82, 2.24) is 19.9 Å². The van der Waals surface area contributed by atoms with Crippen LogP contribution in [0.15, 0.2) is 12.5 Å². The van der Waals surface area contributed by atoms with Gasteiger partial charge in [0, 0.05) is 25.3 Å². The molecule has 5 heteroatoms. The standard InChI is InChI=1S/C16H23N5/c1-3-10-6-17-15-14(10)16(19-9-18-15)20-13-5-4-11-7-21(2)8-12(11)13/h6,9,11-13H,3-5,7-8H2,1-2H3,(H2,17,18,19,20). The van der Waals surface area contributed by atoms with Crippen LogP contribution in [0.25, 0.3) is 11.0 Å². The number of aromatic amines is 1. The first-order valence-electron chi connectivity index (χ1n) is 8.02. The van der Waals surface area contributed by atoms with Crippen molar-refractivity contribution >= 4 is 16.9 Å². The minimum absolute atomic E-state index is 0.553. The predicted octanol–water partition coefficient (Wildman–Crippen LogP) is 2.27. The summed E-state index contributed by atoms with van der Waals surface area (Å²) in [6.45, 7) is 4.65. The topological polar surface area (TPSA) is 56.8 Å². The molecule has 2 aliphatic rings. The van der Waals surface area contributed by atoms with Crippen LogP contribution in [0.3, 0.4) is 0 Å². The molecule has 1 aliphatic carbocycles. The van der Waals surface area contributed by atoms with Gasteiger partial charge < -0.3 is 15.2 Å². The lowest BCUT2D eigenvalue weighted by Crippen LogP contribution is -2.29. The molecule has 1 saturated heterocycles. The summed E-state index contributed by atoms with van der Waals surface area (Å²) in [5.74, 6) is 2.64. The third kappa shape index (κ3) is 2.11. The number of aromatic nitrogens is 3. The Morgan fingerprint density at radius 3 is 3.10 bits per heavy atom. The van der Waals surface area contributed by atoms with Gasteiger partial charge in [-0.3, -0.25) is 0 Å². The van der Waals surface area contributed by atoms with Gasteiger partial charge in [-0.2, -0.15) is 0 Å². The number of rotatable bonds is 3. The van der Waals surface area contributed by atoms with Gasteiger partial charge in [0.25, 0.3) is 0 Å². The van der Waals surface area contributed by atoms with Crippen LogP contribution in [0.1, 0.15) is 25.3 Å². The summed E-state index contributed by atoms with van der Waals surface area (Å²) in [6, 6.07) is 0.553. The highest BCUT2D eigenvalue weighted by Crippen LogP contribution is 2.39. The second-order valence-electron chi connectivity index (χ2n) is 6.59. The van der Waals surface area contributed by atoms with E-state index in [0.717, 1.165) is 29.7 Å². The molecule has 1 aliphatic heterocycles. The second-order valence-corrected chi connectivity index (χ2v) is 6.59. The van der Waals surface area contributed by atoms with Crippen molar-refractivity contribution in [2.24, 2.45) is 11.8 Å². The molecule has 3 atom stereocenters. The van der Waals surface area contributed by atoms with Gasteiger partial charge in [-0.05, 0) is 43.7 Å². The minimum atomic E-state index is 0.553. The molecular formula is C16H23N5. The Morgan fingerprint density at radius 1 is 1.33 bits per heavy atom. The van der Waals surface area contributed by atoms with Crippen LogP contribution < -0.4 is 5.32 Å². The first kappa shape index (κ1) is 13.1. The normalized spacial score (nSPS) is 29.1. The average molecular weight is 285 g/mol. The molecule has 2 N–H and O–H groups in total. The average Bonchev–Trinajstić information content (AvgIpc) is 3.14. The van der Waals surface area contributed by atoms with E-state index in [9.17, 15) is 0 Å². The number of nitrogens with zero attached hydrogens (tertiary/aromatic N) is 3. The number of fused-ring (bicyclic) bond motifs is 2. The molecule has 3 heterocycles. The second kappa shape index (κ2) is 4.98. The molecular weight excluding hydrogens is 262 g/mol. The van der Waals surface area contributed by atoms with Crippen molar-refractivity contribution in [3.8, 4) is 0 Å². The van der Waals surface area contributed by atoms with Crippen molar-refractivity contribution < 1.29 is 0 Å². The summed E-state index contributed by atoms with van der Waals surface area (Å²) in [4.78, 5) is 14.6. The molecule has 4 rings (SSSR count). The molecule has 2 aromatic heterocycles. The lowest BCUT2D eigenvalue weighted by molar-refractivity contribution is 0.373. The summed E-state index contributed by atoms with van der Waals surface area (Å²) in [5.41, 5.74) is 2.24. The van der Waals surface area contributed by atoms with Crippen LogP contribution >= 0.6 is 0 Å². The number of H-pyrrole nitrogens is 1. The summed E-state index contributed by atoms with van der Waals surface area (Å²) in [7, 11) is 2.24. The quantitative estimate of drug-likeness (QED) is 0.908. The van der Waals surface area contributed by atoms with E-state index in [0.29, 0.717) is 6.04 Å². The van der Waals surface area contributed by atoms with Gasteiger partial charge in [0.1, 0.15) is 17.8 Å². The first-order valence-corrected chi connectivity index (χ1v) is 8.02. The van der Waals surface area contributed by atoms with Crippen molar-refractivity contribution in [3.63, 3.8) is 0 Å². The van der Waals surface area contributed by atoms with Gasteiger partial charge >= 0.3 is 0 Å². The van der Waals surface area contributed by atoms with Gasteiger partial charge in [0.2, 0.25) is 0 Å². The predicted molar refractivity (Wildman–Crippen MR) is 84.4 cm³/mol. The number of anilines is 1. The molecule has 112 valence electrons. The summed E-state index contributed by atoms with van der Waals surface area (Å²) in [5, 5.41) is 4.91. The monoisotopic (exact) mass is 285 g/mol.